The Morgan fingerprint density at radius 2 is 1.41 bits per heavy atom. The molecule has 0 fully saturated rings. The Morgan fingerprint density at radius 3 is 2.10 bits per heavy atom. The van der Waals surface area contributed by atoms with Gasteiger partial charge in [-0.15, -0.1) is 29.8 Å². The monoisotopic (exact) mass is 721 g/mol. The molecule has 6 rings (SSSR count). The molecule has 0 radical (unpaired) electrons. The van der Waals surface area contributed by atoms with Crippen LogP contribution in [0.3, 0.4) is 0 Å². The van der Waals surface area contributed by atoms with Crippen LogP contribution in [0.15, 0.2) is 91.1 Å². The first kappa shape index (κ1) is 28.7. The van der Waals surface area contributed by atoms with E-state index in [-0.39, 0.29) is 26.8 Å². The van der Waals surface area contributed by atoms with Gasteiger partial charge in [0.2, 0.25) is 0 Å². The molecule has 0 bridgehead atoms. The Hall–Kier alpha value is -3.82. The number of nitrogens with zero attached hydrogens (tertiary/aromatic N) is 4. The fraction of sp³-hybridized carbons (Fsp3) is 0.200. The molecule has 0 aliphatic carbocycles. The van der Waals surface area contributed by atoms with Crippen LogP contribution >= 0.6 is 0 Å². The van der Waals surface area contributed by atoms with E-state index in [2.05, 4.69) is 123 Å². The molecule has 0 spiro atoms. The molecule has 0 saturated carbocycles. The van der Waals surface area contributed by atoms with Crippen molar-refractivity contribution in [3.8, 4) is 34.1 Å². The van der Waals surface area contributed by atoms with Crippen LogP contribution < -0.4 is 9.80 Å². The Kier molecular flexibility index (Phi) is 8.11. The summed E-state index contributed by atoms with van der Waals surface area (Å²) in [5.41, 5.74) is 9.22. The number of phenols is 1. The molecular weight excluding hydrogens is 687 g/mol. The largest absolute Gasteiger partial charge is 2.00 e. The molecule has 1 aliphatic heterocycles. The van der Waals surface area contributed by atoms with Crippen molar-refractivity contribution in [2.24, 2.45) is 0 Å². The van der Waals surface area contributed by atoms with Crippen LogP contribution in [0.4, 0.5) is 17.1 Å². The summed E-state index contributed by atoms with van der Waals surface area (Å²) < 4.78 is 2.17. The third kappa shape index (κ3) is 5.20. The van der Waals surface area contributed by atoms with Gasteiger partial charge in [0.15, 0.2) is 0 Å². The molecule has 0 atom stereocenters. The van der Waals surface area contributed by atoms with Gasteiger partial charge in [0.1, 0.15) is 11.6 Å². The predicted octanol–water partition coefficient (Wildman–Crippen LogP) is 8.66. The molecule has 5 nitrogen and oxygen atoms in total. The Bertz CT molecular complexity index is 1660. The molecule has 0 amide bonds. The molecule has 1 aromatic heterocycles. The van der Waals surface area contributed by atoms with Crippen molar-refractivity contribution in [3.05, 3.63) is 115 Å². The second kappa shape index (κ2) is 11.6. The van der Waals surface area contributed by atoms with E-state index in [0.29, 0.717) is 23.2 Å². The number of rotatable bonds is 6. The van der Waals surface area contributed by atoms with Gasteiger partial charge in [0.25, 0.3) is 0 Å². The molecule has 41 heavy (non-hydrogen) atoms. The topological polar surface area (TPSA) is 44.5 Å². The first-order valence-electron chi connectivity index (χ1n) is 13.8. The quantitative estimate of drug-likeness (QED) is 0.178. The smallest absolute Gasteiger partial charge is 0.507 e. The number of hydrogen-bond acceptors (Lipinski definition) is 4. The van der Waals surface area contributed by atoms with E-state index in [1.54, 1.807) is 6.07 Å². The third-order valence-electron chi connectivity index (χ3n) is 7.56. The molecule has 1 N–H and O–H groups in total. The second-order valence-electron chi connectivity index (χ2n) is 11.0. The van der Waals surface area contributed by atoms with E-state index in [9.17, 15) is 5.11 Å². The zero-order valence-electron chi connectivity index (χ0n) is 23.9. The van der Waals surface area contributed by atoms with Crippen molar-refractivity contribution in [1.82, 2.24) is 9.55 Å². The number of benzene rings is 4. The van der Waals surface area contributed by atoms with Crippen LogP contribution in [0.25, 0.3) is 28.3 Å². The fourth-order valence-corrected chi connectivity index (χ4v) is 5.53. The van der Waals surface area contributed by atoms with Gasteiger partial charge in [-0.05, 0) is 60.5 Å². The number of aromatic nitrogens is 2. The Labute approximate surface area is 257 Å². The van der Waals surface area contributed by atoms with Crippen LogP contribution in [-0.4, -0.2) is 21.7 Å². The maximum atomic E-state index is 10.9. The molecule has 0 unspecified atom stereocenters. The predicted molar refractivity (Wildman–Crippen MR) is 164 cm³/mol. The Morgan fingerprint density at radius 1 is 0.780 bits per heavy atom. The number of anilines is 3. The summed E-state index contributed by atoms with van der Waals surface area (Å²) in [5, 5.41) is 10.9. The van der Waals surface area contributed by atoms with Crippen LogP contribution in [-0.2, 0) is 21.1 Å². The van der Waals surface area contributed by atoms with E-state index in [1.807, 2.05) is 24.3 Å². The van der Waals surface area contributed by atoms with Gasteiger partial charge in [-0.3, -0.25) is 4.98 Å². The van der Waals surface area contributed by atoms with Gasteiger partial charge >= 0.3 is 21.1 Å². The average Bonchev–Trinajstić information content (AvgIpc) is 3.55. The van der Waals surface area contributed by atoms with E-state index in [1.165, 1.54) is 11.1 Å². The zero-order valence-corrected chi connectivity index (χ0v) is 26.2. The van der Waals surface area contributed by atoms with Gasteiger partial charge in [0, 0.05) is 17.1 Å². The standard InChI is InChI=1S/C35H34N4O.Pt/c1-23(2)27-15-11-16-28(24(3)4)34(27)38-21-30(36-35(38)29-14-6-9-19-33(29)40)25-12-10-13-26(20-25)39-22-37(5)31-17-7-8-18-32(31)39;/h6-19,21-24,40H,1-5H3;/q-2;+2. The SMILES string of the molecule is CC(C)c1cccc(C(C)C)c1-n1cc(-c2[c-]c(N3[CH-]N(C)c4ccccc43)ccc2)nc1-c1ccccc1O.[Pt+2]. The van der Waals surface area contributed by atoms with Crippen LogP contribution in [0.2, 0.25) is 0 Å². The van der Waals surface area contributed by atoms with Gasteiger partial charge in [0.05, 0.1) is 11.3 Å². The van der Waals surface area contributed by atoms with Gasteiger partial charge in [-0.25, -0.2) is 0 Å². The summed E-state index contributed by atoms with van der Waals surface area (Å²) in [6, 6.07) is 32.1. The van der Waals surface area contributed by atoms with E-state index in [4.69, 9.17) is 4.98 Å². The minimum absolute atomic E-state index is 0. The first-order chi connectivity index (χ1) is 19.3. The Balaban J connectivity index is 0.00000337. The summed E-state index contributed by atoms with van der Waals surface area (Å²) in [7, 11) is 2.06. The number of para-hydroxylation sites is 4. The van der Waals surface area contributed by atoms with Crippen LogP contribution in [0.5, 0.6) is 5.75 Å². The number of fused-ring (bicyclic) bond motifs is 1. The molecule has 4 aromatic carbocycles. The summed E-state index contributed by atoms with van der Waals surface area (Å²) in [4.78, 5) is 9.43. The van der Waals surface area contributed by atoms with Crippen LogP contribution in [0, 0.1) is 12.7 Å². The molecule has 210 valence electrons. The third-order valence-corrected chi connectivity index (χ3v) is 7.56. The minimum Gasteiger partial charge on any atom is -0.507 e. The normalized spacial score (nSPS) is 12.7. The first-order valence-corrected chi connectivity index (χ1v) is 13.8. The second-order valence-corrected chi connectivity index (χ2v) is 11.0. The van der Waals surface area contributed by atoms with Gasteiger partial charge in [-0.1, -0.05) is 75.8 Å². The fourth-order valence-electron chi connectivity index (χ4n) is 5.53. The molecule has 1 aliphatic rings. The van der Waals surface area contributed by atoms with Crippen molar-refractivity contribution in [2.45, 2.75) is 39.5 Å². The maximum absolute atomic E-state index is 10.9. The van der Waals surface area contributed by atoms with Crippen molar-refractivity contribution in [3.63, 3.8) is 0 Å². The van der Waals surface area contributed by atoms with Crippen LogP contribution in [0.1, 0.15) is 50.7 Å². The average molecular weight is 722 g/mol. The molecular formula is C35H34N4OPt. The summed E-state index contributed by atoms with van der Waals surface area (Å²) >= 11 is 0. The number of phenolic OH excluding ortho intramolecular Hbond substituents is 1. The number of aromatic hydroxyl groups is 1. The van der Waals surface area contributed by atoms with E-state index in [0.717, 1.165) is 34.0 Å². The van der Waals surface area contributed by atoms with Crippen molar-refractivity contribution < 1.29 is 26.2 Å². The van der Waals surface area contributed by atoms with Crippen molar-refractivity contribution >= 4 is 17.1 Å². The van der Waals surface area contributed by atoms with E-state index < -0.39 is 0 Å². The maximum Gasteiger partial charge on any atom is 2.00 e. The minimum atomic E-state index is 0. The number of hydrogen-bond donors (Lipinski definition) is 1. The van der Waals surface area contributed by atoms with E-state index >= 15 is 0 Å². The van der Waals surface area contributed by atoms with Crippen molar-refractivity contribution in [1.29, 1.82) is 0 Å². The molecule has 2 heterocycles. The summed E-state index contributed by atoms with van der Waals surface area (Å²) in [6.07, 6.45) is 2.10. The molecule has 0 saturated heterocycles. The zero-order chi connectivity index (χ0) is 28.0. The summed E-state index contributed by atoms with van der Waals surface area (Å²) in [6.45, 7) is 11.0. The molecule has 6 heteroatoms. The van der Waals surface area contributed by atoms with Gasteiger partial charge < -0.3 is 19.5 Å². The van der Waals surface area contributed by atoms with Crippen molar-refractivity contribution in [2.75, 3.05) is 16.8 Å². The van der Waals surface area contributed by atoms with Gasteiger partial charge in [-0.2, -0.15) is 6.67 Å². The molecule has 5 aromatic rings. The summed E-state index contributed by atoms with van der Waals surface area (Å²) in [5.74, 6) is 1.54. The number of imidazole rings is 1.